The summed E-state index contributed by atoms with van der Waals surface area (Å²) >= 11 is 0. The van der Waals surface area contributed by atoms with E-state index in [9.17, 15) is 4.79 Å². The molecule has 1 aromatic carbocycles. The lowest BCUT2D eigenvalue weighted by atomic mass is 10.0. The van der Waals surface area contributed by atoms with Gasteiger partial charge in [0.05, 0.1) is 7.11 Å². The van der Waals surface area contributed by atoms with Crippen LogP contribution in [-0.4, -0.2) is 25.2 Å². The lowest BCUT2D eigenvalue weighted by Crippen LogP contribution is -2.39. The van der Waals surface area contributed by atoms with Gasteiger partial charge < -0.3 is 14.8 Å². The Bertz CT molecular complexity index is 454. The van der Waals surface area contributed by atoms with Crippen LogP contribution in [0.1, 0.15) is 25.0 Å². The first-order valence-electron chi connectivity index (χ1n) is 6.13. The van der Waals surface area contributed by atoms with Gasteiger partial charge in [0.2, 0.25) is 0 Å². The average molecular weight is 249 g/mol. The highest BCUT2D eigenvalue weighted by Gasteiger charge is 2.31. The first-order chi connectivity index (χ1) is 8.53. The Morgan fingerprint density at radius 1 is 1.33 bits per heavy atom. The number of esters is 1. The molecule has 1 aliphatic heterocycles. The number of ether oxygens (including phenoxy) is 2. The molecule has 0 spiro atoms. The number of carbonyl (C=O) groups excluding carboxylic acids is 1. The fraction of sp³-hybridized carbons (Fsp3) is 0.500. The van der Waals surface area contributed by atoms with Crippen LogP contribution in [0.25, 0.3) is 0 Å². The third-order valence-electron chi connectivity index (χ3n) is 3.11. The Hall–Kier alpha value is -1.55. The van der Waals surface area contributed by atoms with E-state index in [4.69, 9.17) is 9.47 Å². The third kappa shape index (κ3) is 2.64. The highest BCUT2D eigenvalue weighted by molar-refractivity contribution is 5.78. The molecule has 0 amide bonds. The van der Waals surface area contributed by atoms with Crippen LogP contribution in [0, 0.1) is 0 Å². The van der Waals surface area contributed by atoms with Crippen molar-refractivity contribution in [2.45, 2.75) is 32.4 Å². The molecule has 2 rings (SSSR count). The number of hydrogen-bond acceptors (Lipinski definition) is 4. The van der Waals surface area contributed by atoms with Crippen molar-refractivity contribution in [2.24, 2.45) is 0 Å². The molecule has 4 heteroatoms. The summed E-state index contributed by atoms with van der Waals surface area (Å²) in [5, 5.41) is 3.32. The molecule has 0 bridgehead atoms. The van der Waals surface area contributed by atoms with Crippen molar-refractivity contribution in [3.05, 3.63) is 29.3 Å². The third-order valence-corrected chi connectivity index (χ3v) is 3.11. The van der Waals surface area contributed by atoms with Crippen molar-refractivity contribution in [3.63, 3.8) is 0 Å². The van der Waals surface area contributed by atoms with E-state index in [1.807, 2.05) is 12.1 Å². The van der Waals surface area contributed by atoms with Gasteiger partial charge in [0.25, 0.3) is 0 Å². The second-order valence-electron chi connectivity index (χ2n) is 4.96. The first kappa shape index (κ1) is 12.9. The predicted molar refractivity (Wildman–Crippen MR) is 68.6 cm³/mol. The summed E-state index contributed by atoms with van der Waals surface area (Å²) in [5.74, 6) is 0.325. The van der Waals surface area contributed by atoms with Crippen LogP contribution in [0.15, 0.2) is 18.2 Å². The zero-order chi connectivity index (χ0) is 13.2. The van der Waals surface area contributed by atoms with E-state index >= 15 is 0 Å². The van der Waals surface area contributed by atoms with Crippen LogP contribution in [0.4, 0.5) is 0 Å². The maximum atomic E-state index is 11.6. The van der Waals surface area contributed by atoms with E-state index in [0.29, 0.717) is 5.75 Å². The van der Waals surface area contributed by atoms with Gasteiger partial charge in [-0.2, -0.15) is 0 Å². The minimum absolute atomic E-state index is 0.377. The lowest BCUT2D eigenvalue weighted by molar-refractivity contribution is -0.156. The van der Waals surface area contributed by atoms with Crippen molar-refractivity contribution < 1.29 is 14.3 Å². The number of fused-ring (bicyclic) bond motifs is 1. The van der Waals surface area contributed by atoms with Crippen LogP contribution < -0.4 is 10.1 Å². The zero-order valence-electron chi connectivity index (χ0n) is 11.1. The summed E-state index contributed by atoms with van der Waals surface area (Å²) in [4.78, 5) is 11.6. The lowest BCUT2D eigenvalue weighted by Gasteiger charge is -2.25. The van der Waals surface area contributed by atoms with Gasteiger partial charge in [-0.1, -0.05) is 6.07 Å². The standard InChI is InChI=1S/C14H19NO3/c1-14(2,13(16)17-3)18-12-5-4-10-6-7-15-9-11(10)8-12/h4-5,8,15H,6-7,9H2,1-3H3. The molecule has 0 radical (unpaired) electrons. The molecule has 1 heterocycles. The van der Waals surface area contributed by atoms with Gasteiger partial charge >= 0.3 is 5.97 Å². The van der Waals surface area contributed by atoms with Crippen molar-refractivity contribution in [1.29, 1.82) is 0 Å². The molecular formula is C14H19NO3. The molecule has 0 aromatic heterocycles. The summed E-state index contributed by atoms with van der Waals surface area (Å²) in [6.07, 6.45) is 1.04. The zero-order valence-corrected chi connectivity index (χ0v) is 11.1. The number of benzene rings is 1. The maximum Gasteiger partial charge on any atom is 0.349 e. The van der Waals surface area contributed by atoms with E-state index in [1.54, 1.807) is 13.8 Å². The largest absolute Gasteiger partial charge is 0.476 e. The highest BCUT2D eigenvalue weighted by atomic mass is 16.6. The van der Waals surface area contributed by atoms with Gasteiger partial charge in [0.15, 0.2) is 5.60 Å². The quantitative estimate of drug-likeness (QED) is 0.828. The number of carbonyl (C=O) groups is 1. The van der Waals surface area contributed by atoms with Crippen LogP contribution in [0.5, 0.6) is 5.75 Å². The molecule has 0 saturated heterocycles. The minimum Gasteiger partial charge on any atom is -0.476 e. The van der Waals surface area contributed by atoms with E-state index in [0.717, 1.165) is 19.5 Å². The fourth-order valence-corrected chi connectivity index (χ4v) is 2.10. The van der Waals surface area contributed by atoms with Gasteiger partial charge in [-0.15, -0.1) is 0 Å². The Labute approximate surface area is 107 Å². The van der Waals surface area contributed by atoms with E-state index < -0.39 is 5.60 Å². The van der Waals surface area contributed by atoms with Crippen molar-refractivity contribution in [3.8, 4) is 5.75 Å². The van der Waals surface area contributed by atoms with Gasteiger partial charge in [-0.25, -0.2) is 4.79 Å². The van der Waals surface area contributed by atoms with Crippen molar-refractivity contribution in [2.75, 3.05) is 13.7 Å². The Morgan fingerprint density at radius 3 is 2.83 bits per heavy atom. The highest BCUT2D eigenvalue weighted by Crippen LogP contribution is 2.24. The fourth-order valence-electron chi connectivity index (χ4n) is 2.10. The van der Waals surface area contributed by atoms with Crippen LogP contribution in [-0.2, 0) is 22.5 Å². The van der Waals surface area contributed by atoms with Crippen LogP contribution in [0.3, 0.4) is 0 Å². The van der Waals surface area contributed by atoms with Gasteiger partial charge in [0, 0.05) is 6.54 Å². The second kappa shape index (κ2) is 4.98. The van der Waals surface area contributed by atoms with Gasteiger partial charge in [0.1, 0.15) is 5.75 Å². The Morgan fingerprint density at radius 2 is 2.11 bits per heavy atom. The Balaban J connectivity index is 2.17. The number of hydrogen-bond donors (Lipinski definition) is 1. The van der Waals surface area contributed by atoms with E-state index in [-0.39, 0.29) is 5.97 Å². The SMILES string of the molecule is COC(=O)C(C)(C)Oc1ccc2c(c1)CNCC2. The normalized spacial score (nSPS) is 14.8. The predicted octanol–water partition coefficient (Wildman–Crippen LogP) is 1.66. The molecule has 1 N–H and O–H groups in total. The van der Waals surface area contributed by atoms with E-state index in [2.05, 4.69) is 11.4 Å². The van der Waals surface area contributed by atoms with E-state index in [1.165, 1.54) is 18.2 Å². The molecule has 1 aliphatic rings. The molecular weight excluding hydrogens is 230 g/mol. The molecule has 0 saturated carbocycles. The number of rotatable bonds is 3. The van der Waals surface area contributed by atoms with Gasteiger partial charge in [-0.05, 0) is 50.1 Å². The van der Waals surface area contributed by atoms with Crippen molar-refractivity contribution >= 4 is 5.97 Å². The van der Waals surface area contributed by atoms with Gasteiger partial charge in [-0.3, -0.25) is 0 Å². The summed E-state index contributed by atoms with van der Waals surface area (Å²) in [7, 11) is 1.37. The first-order valence-corrected chi connectivity index (χ1v) is 6.13. The van der Waals surface area contributed by atoms with Crippen LogP contribution >= 0.6 is 0 Å². The number of methoxy groups -OCH3 is 1. The summed E-state index contributed by atoms with van der Waals surface area (Å²) in [6, 6.07) is 5.97. The molecule has 0 aliphatic carbocycles. The summed E-state index contributed by atoms with van der Waals surface area (Å²) < 4.78 is 10.4. The van der Waals surface area contributed by atoms with Crippen molar-refractivity contribution in [1.82, 2.24) is 5.32 Å². The molecule has 0 fully saturated rings. The molecule has 0 atom stereocenters. The number of nitrogens with one attached hydrogen (secondary N) is 1. The Kier molecular flexibility index (Phi) is 3.57. The molecule has 18 heavy (non-hydrogen) atoms. The molecule has 4 nitrogen and oxygen atoms in total. The maximum absolute atomic E-state index is 11.6. The van der Waals surface area contributed by atoms with Crippen LogP contribution in [0.2, 0.25) is 0 Å². The average Bonchev–Trinajstić information content (AvgIpc) is 2.37. The smallest absolute Gasteiger partial charge is 0.349 e. The minimum atomic E-state index is -0.967. The topological polar surface area (TPSA) is 47.6 Å². The monoisotopic (exact) mass is 249 g/mol. The molecule has 0 unspecified atom stereocenters. The molecule has 1 aromatic rings. The molecule has 98 valence electrons. The second-order valence-corrected chi connectivity index (χ2v) is 4.96. The summed E-state index contributed by atoms with van der Waals surface area (Å²) in [6.45, 7) is 5.28. The summed E-state index contributed by atoms with van der Waals surface area (Å²) in [5.41, 5.74) is 1.61.